The monoisotopic (exact) mass is 258 g/mol. The zero-order valence-electron chi connectivity index (χ0n) is 10.9. The zero-order chi connectivity index (χ0) is 13.5. The summed E-state index contributed by atoms with van der Waals surface area (Å²) in [4.78, 5) is 3.49. The molecular formula is C18H14N2. The normalized spacial score (nSPS) is 11.2. The Kier molecular flexibility index (Phi) is 2.30. The average molecular weight is 258 g/mol. The highest BCUT2D eigenvalue weighted by molar-refractivity contribution is 5.99. The highest BCUT2D eigenvalue weighted by Gasteiger charge is 2.06. The second kappa shape index (κ2) is 4.14. The van der Waals surface area contributed by atoms with E-state index in [1.54, 1.807) is 0 Å². The molecule has 0 fully saturated rings. The van der Waals surface area contributed by atoms with Crippen LogP contribution < -0.4 is 5.73 Å². The Labute approximate surface area is 116 Å². The van der Waals surface area contributed by atoms with Crippen molar-refractivity contribution in [2.45, 2.75) is 0 Å². The summed E-state index contributed by atoms with van der Waals surface area (Å²) in [6.07, 6.45) is 0. The Bertz CT molecular complexity index is 886. The first-order chi connectivity index (χ1) is 9.81. The molecule has 0 atom stereocenters. The number of nitrogens with two attached hydrogens (primary N) is 1. The van der Waals surface area contributed by atoms with Gasteiger partial charge in [-0.2, -0.15) is 0 Å². The first-order valence-corrected chi connectivity index (χ1v) is 6.68. The molecule has 4 rings (SSSR count). The van der Waals surface area contributed by atoms with Gasteiger partial charge in [-0.25, -0.2) is 0 Å². The number of benzene rings is 3. The largest absolute Gasteiger partial charge is 0.399 e. The number of anilines is 1. The number of fused-ring (bicyclic) bond motifs is 2. The van der Waals surface area contributed by atoms with E-state index in [0.717, 1.165) is 16.9 Å². The molecule has 1 heterocycles. The Balaban J connectivity index is 2.01. The van der Waals surface area contributed by atoms with Crippen LogP contribution >= 0.6 is 0 Å². The molecule has 0 saturated heterocycles. The van der Waals surface area contributed by atoms with Gasteiger partial charge in [0.15, 0.2) is 0 Å². The lowest BCUT2D eigenvalue weighted by Crippen LogP contribution is -1.86. The number of H-pyrrole nitrogens is 1. The third-order valence-electron chi connectivity index (χ3n) is 3.72. The third kappa shape index (κ3) is 1.66. The summed E-state index contributed by atoms with van der Waals surface area (Å²) in [5.74, 6) is 0. The van der Waals surface area contributed by atoms with Gasteiger partial charge >= 0.3 is 0 Å². The number of hydrogen-bond donors (Lipinski definition) is 2. The Hall–Kier alpha value is -2.74. The van der Waals surface area contributed by atoms with Gasteiger partial charge in [0, 0.05) is 27.8 Å². The van der Waals surface area contributed by atoms with Crippen LogP contribution in [0.2, 0.25) is 0 Å². The Morgan fingerprint density at radius 2 is 1.60 bits per heavy atom. The predicted molar refractivity (Wildman–Crippen MR) is 85.7 cm³/mol. The SMILES string of the molecule is Nc1ccc2c(-c3cc4ccccc4[nH]3)cccc2c1. The van der Waals surface area contributed by atoms with Crippen molar-refractivity contribution < 1.29 is 0 Å². The van der Waals surface area contributed by atoms with Crippen molar-refractivity contribution in [2.24, 2.45) is 0 Å². The van der Waals surface area contributed by atoms with E-state index in [1.807, 2.05) is 18.2 Å². The third-order valence-corrected chi connectivity index (χ3v) is 3.72. The number of rotatable bonds is 1. The van der Waals surface area contributed by atoms with E-state index >= 15 is 0 Å². The van der Waals surface area contributed by atoms with Gasteiger partial charge in [-0.3, -0.25) is 0 Å². The van der Waals surface area contributed by atoms with Gasteiger partial charge in [-0.1, -0.05) is 42.5 Å². The summed E-state index contributed by atoms with van der Waals surface area (Å²) in [7, 11) is 0. The second-order valence-electron chi connectivity index (χ2n) is 5.06. The maximum absolute atomic E-state index is 5.87. The molecule has 2 heteroatoms. The predicted octanol–water partition coefficient (Wildman–Crippen LogP) is 4.57. The van der Waals surface area contributed by atoms with Crippen LogP contribution in [0.15, 0.2) is 66.7 Å². The highest BCUT2D eigenvalue weighted by Crippen LogP contribution is 2.31. The molecule has 0 unspecified atom stereocenters. The Morgan fingerprint density at radius 3 is 2.50 bits per heavy atom. The molecule has 0 bridgehead atoms. The van der Waals surface area contributed by atoms with Gasteiger partial charge in [-0.05, 0) is 35.0 Å². The minimum atomic E-state index is 0.797. The number of hydrogen-bond acceptors (Lipinski definition) is 1. The molecule has 0 aliphatic rings. The molecule has 96 valence electrons. The molecule has 0 saturated carbocycles. The molecular weight excluding hydrogens is 244 g/mol. The molecule has 3 aromatic carbocycles. The molecule has 2 nitrogen and oxygen atoms in total. The minimum absolute atomic E-state index is 0.797. The van der Waals surface area contributed by atoms with Gasteiger partial charge in [0.2, 0.25) is 0 Å². The summed E-state index contributed by atoms with van der Waals surface area (Å²) in [5.41, 5.74) is 10.2. The fourth-order valence-electron chi connectivity index (χ4n) is 2.76. The smallest absolute Gasteiger partial charge is 0.0471 e. The van der Waals surface area contributed by atoms with Gasteiger partial charge in [0.25, 0.3) is 0 Å². The number of nitrogens with one attached hydrogen (secondary N) is 1. The fraction of sp³-hybridized carbons (Fsp3) is 0. The summed E-state index contributed by atoms with van der Waals surface area (Å²) in [5, 5.41) is 3.62. The van der Waals surface area contributed by atoms with Crippen molar-refractivity contribution in [3.05, 3.63) is 66.7 Å². The number of nitrogen functional groups attached to an aromatic ring is 1. The quantitative estimate of drug-likeness (QED) is 0.482. The maximum Gasteiger partial charge on any atom is 0.0471 e. The number of aromatic nitrogens is 1. The van der Waals surface area contributed by atoms with E-state index in [1.165, 1.54) is 21.7 Å². The Morgan fingerprint density at radius 1 is 0.750 bits per heavy atom. The standard InChI is InChI=1S/C18H14N2/c19-14-8-9-15-12(10-14)5-3-6-16(15)18-11-13-4-1-2-7-17(13)20-18/h1-11,20H,19H2. The molecule has 0 aliphatic heterocycles. The topological polar surface area (TPSA) is 41.8 Å². The van der Waals surface area contributed by atoms with Crippen molar-refractivity contribution in [1.82, 2.24) is 4.98 Å². The van der Waals surface area contributed by atoms with Crippen LogP contribution in [-0.4, -0.2) is 4.98 Å². The first-order valence-electron chi connectivity index (χ1n) is 6.68. The second-order valence-corrected chi connectivity index (χ2v) is 5.06. The van der Waals surface area contributed by atoms with Crippen molar-refractivity contribution >= 4 is 27.4 Å². The molecule has 0 aliphatic carbocycles. The first kappa shape index (κ1) is 11.1. The van der Waals surface area contributed by atoms with E-state index in [2.05, 4.69) is 53.5 Å². The van der Waals surface area contributed by atoms with Crippen LogP contribution in [0, 0.1) is 0 Å². The van der Waals surface area contributed by atoms with Crippen molar-refractivity contribution in [1.29, 1.82) is 0 Å². The number of aromatic amines is 1. The van der Waals surface area contributed by atoms with Crippen LogP contribution in [0.1, 0.15) is 0 Å². The van der Waals surface area contributed by atoms with Crippen molar-refractivity contribution in [3.63, 3.8) is 0 Å². The molecule has 4 aromatic rings. The van der Waals surface area contributed by atoms with E-state index < -0.39 is 0 Å². The number of para-hydroxylation sites is 1. The molecule has 0 radical (unpaired) electrons. The molecule has 20 heavy (non-hydrogen) atoms. The van der Waals surface area contributed by atoms with Crippen LogP contribution in [0.25, 0.3) is 32.9 Å². The van der Waals surface area contributed by atoms with Crippen molar-refractivity contribution in [3.8, 4) is 11.3 Å². The van der Waals surface area contributed by atoms with Crippen LogP contribution in [0.5, 0.6) is 0 Å². The minimum Gasteiger partial charge on any atom is -0.399 e. The summed E-state index contributed by atoms with van der Waals surface area (Å²) in [6.45, 7) is 0. The molecule has 0 amide bonds. The summed E-state index contributed by atoms with van der Waals surface area (Å²) < 4.78 is 0. The average Bonchev–Trinajstić information content (AvgIpc) is 2.90. The van der Waals surface area contributed by atoms with Gasteiger partial charge in [0.1, 0.15) is 0 Å². The van der Waals surface area contributed by atoms with Gasteiger partial charge in [0.05, 0.1) is 0 Å². The van der Waals surface area contributed by atoms with E-state index in [4.69, 9.17) is 5.73 Å². The van der Waals surface area contributed by atoms with E-state index in [0.29, 0.717) is 0 Å². The lowest BCUT2D eigenvalue weighted by molar-refractivity contribution is 1.47. The summed E-state index contributed by atoms with van der Waals surface area (Å²) >= 11 is 0. The molecule has 3 N–H and O–H groups in total. The van der Waals surface area contributed by atoms with E-state index in [9.17, 15) is 0 Å². The van der Waals surface area contributed by atoms with E-state index in [-0.39, 0.29) is 0 Å². The van der Waals surface area contributed by atoms with Gasteiger partial charge in [-0.15, -0.1) is 0 Å². The molecule has 0 spiro atoms. The zero-order valence-corrected chi connectivity index (χ0v) is 10.9. The lowest BCUT2D eigenvalue weighted by atomic mass is 10.0. The maximum atomic E-state index is 5.87. The van der Waals surface area contributed by atoms with Crippen LogP contribution in [0.3, 0.4) is 0 Å². The molecule has 1 aromatic heterocycles. The summed E-state index contributed by atoms with van der Waals surface area (Å²) in [6, 6.07) is 22.9. The fourth-order valence-corrected chi connectivity index (χ4v) is 2.76. The van der Waals surface area contributed by atoms with Crippen LogP contribution in [-0.2, 0) is 0 Å². The lowest BCUT2D eigenvalue weighted by Gasteiger charge is -2.05. The highest BCUT2D eigenvalue weighted by atomic mass is 14.7. The van der Waals surface area contributed by atoms with Crippen molar-refractivity contribution in [2.75, 3.05) is 5.73 Å². The van der Waals surface area contributed by atoms with Crippen LogP contribution in [0.4, 0.5) is 5.69 Å². The van der Waals surface area contributed by atoms with Gasteiger partial charge < -0.3 is 10.7 Å².